The molecule has 0 heterocycles. The molecule has 0 radical (unpaired) electrons. The lowest BCUT2D eigenvalue weighted by Crippen LogP contribution is -2.29. The van der Waals surface area contributed by atoms with Crippen molar-refractivity contribution in [1.29, 1.82) is 5.26 Å². The Bertz CT molecular complexity index is 218. The molecule has 0 rings (SSSR count). The van der Waals surface area contributed by atoms with E-state index in [4.69, 9.17) is 10.00 Å². The molecule has 2 N–H and O–H groups in total. The molecule has 5 nitrogen and oxygen atoms in total. The molecule has 1 atom stereocenters. The Morgan fingerprint density at radius 1 is 1.73 bits per heavy atom. The highest BCUT2D eigenvalue weighted by Crippen LogP contribution is 1.97. The minimum atomic E-state index is -0.540. The summed E-state index contributed by atoms with van der Waals surface area (Å²) in [7, 11) is 1.51. The second-order valence-electron chi connectivity index (χ2n) is 2.90. The molecule has 6 heteroatoms. The Morgan fingerprint density at radius 3 is 3.07 bits per heavy atom. The van der Waals surface area contributed by atoms with Crippen LogP contribution in [0.2, 0.25) is 0 Å². The fraction of sp³-hybridized carbons (Fsp3) is 0.778. The fourth-order valence-electron chi connectivity index (χ4n) is 0.894. The third kappa shape index (κ3) is 9.53. The number of methoxy groups -OCH3 is 1. The van der Waals surface area contributed by atoms with Crippen molar-refractivity contribution in [1.82, 2.24) is 5.32 Å². The van der Waals surface area contributed by atoms with Crippen molar-refractivity contribution in [2.75, 3.05) is 31.8 Å². The number of rotatable bonds is 8. The van der Waals surface area contributed by atoms with E-state index in [1.54, 1.807) is 0 Å². The fourth-order valence-corrected chi connectivity index (χ4v) is 1.38. The summed E-state index contributed by atoms with van der Waals surface area (Å²) in [5.41, 5.74) is 0. The number of ether oxygens (including phenoxy) is 1. The van der Waals surface area contributed by atoms with Crippen LogP contribution in [-0.2, 0) is 9.53 Å². The van der Waals surface area contributed by atoms with Crippen LogP contribution in [0.5, 0.6) is 0 Å². The maximum atomic E-state index is 11.1. The van der Waals surface area contributed by atoms with Crippen molar-refractivity contribution in [2.45, 2.75) is 12.5 Å². The van der Waals surface area contributed by atoms with Crippen LogP contribution in [0.15, 0.2) is 0 Å². The summed E-state index contributed by atoms with van der Waals surface area (Å²) in [5.74, 6) is 0.494. The van der Waals surface area contributed by atoms with Gasteiger partial charge in [-0.2, -0.15) is 5.26 Å². The smallest absolute Gasteiger partial charge is 0.230 e. The zero-order valence-corrected chi connectivity index (χ0v) is 9.55. The van der Waals surface area contributed by atoms with Crippen molar-refractivity contribution in [2.24, 2.45) is 0 Å². The van der Waals surface area contributed by atoms with E-state index in [-0.39, 0.29) is 18.3 Å². The van der Waals surface area contributed by atoms with Crippen molar-refractivity contribution in [3.63, 3.8) is 0 Å². The summed E-state index contributed by atoms with van der Waals surface area (Å²) in [4.78, 5) is 11.1. The van der Waals surface area contributed by atoms with Crippen molar-refractivity contribution < 1.29 is 14.6 Å². The normalized spacial score (nSPS) is 11.8. The summed E-state index contributed by atoms with van der Waals surface area (Å²) < 4.78 is 4.74. The zero-order chi connectivity index (χ0) is 11.5. The molecule has 0 aromatic carbocycles. The first-order valence-corrected chi connectivity index (χ1v) is 5.74. The number of thioether (sulfide) groups is 1. The third-order valence-corrected chi connectivity index (χ3v) is 2.36. The molecule has 0 bridgehead atoms. The molecule has 0 aliphatic heterocycles. The Labute approximate surface area is 93.8 Å². The number of hydrogen-bond acceptors (Lipinski definition) is 5. The van der Waals surface area contributed by atoms with E-state index < -0.39 is 6.10 Å². The van der Waals surface area contributed by atoms with E-state index in [0.29, 0.717) is 18.7 Å². The van der Waals surface area contributed by atoms with E-state index in [1.165, 1.54) is 18.9 Å². The van der Waals surface area contributed by atoms with Crippen LogP contribution in [-0.4, -0.2) is 48.9 Å². The van der Waals surface area contributed by atoms with Crippen LogP contribution in [0, 0.1) is 11.3 Å². The molecule has 0 aliphatic carbocycles. The van der Waals surface area contributed by atoms with E-state index in [0.717, 1.165) is 0 Å². The highest BCUT2D eigenvalue weighted by molar-refractivity contribution is 8.00. The van der Waals surface area contributed by atoms with Crippen LogP contribution < -0.4 is 5.32 Å². The molecular weight excluding hydrogens is 216 g/mol. The Morgan fingerprint density at radius 2 is 2.47 bits per heavy atom. The first-order valence-electron chi connectivity index (χ1n) is 4.59. The molecule has 0 saturated heterocycles. The molecule has 0 fully saturated rings. The SMILES string of the molecule is COCC(O)CCNC(=O)CSCC#N. The van der Waals surface area contributed by atoms with Crippen LogP contribution >= 0.6 is 11.8 Å². The molecule has 0 spiro atoms. The van der Waals surface area contributed by atoms with Gasteiger partial charge in [-0.15, -0.1) is 11.8 Å². The largest absolute Gasteiger partial charge is 0.391 e. The maximum absolute atomic E-state index is 11.1. The van der Waals surface area contributed by atoms with E-state index in [9.17, 15) is 9.90 Å². The molecule has 0 aliphatic rings. The second kappa shape index (κ2) is 9.77. The molecule has 0 aromatic heterocycles. The van der Waals surface area contributed by atoms with Gasteiger partial charge >= 0.3 is 0 Å². The van der Waals surface area contributed by atoms with Gasteiger partial charge < -0.3 is 15.2 Å². The van der Waals surface area contributed by atoms with E-state index in [2.05, 4.69) is 5.32 Å². The first kappa shape index (κ1) is 14.2. The summed E-state index contributed by atoms with van der Waals surface area (Å²) in [6, 6.07) is 1.94. The van der Waals surface area contributed by atoms with Crippen LogP contribution in [0.3, 0.4) is 0 Å². The number of aliphatic hydroxyl groups excluding tert-OH is 1. The molecule has 15 heavy (non-hydrogen) atoms. The number of nitrogens with zero attached hydrogens (tertiary/aromatic N) is 1. The quantitative estimate of drug-likeness (QED) is 0.564. The second-order valence-corrected chi connectivity index (χ2v) is 3.88. The Balaban J connectivity index is 3.35. The minimum absolute atomic E-state index is 0.111. The number of amides is 1. The van der Waals surface area contributed by atoms with Gasteiger partial charge in [-0.1, -0.05) is 0 Å². The van der Waals surface area contributed by atoms with Gasteiger partial charge in [0.1, 0.15) is 0 Å². The predicted octanol–water partition coefficient (Wildman–Crippen LogP) is -0.243. The predicted molar refractivity (Wildman–Crippen MR) is 58.4 cm³/mol. The van der Waals surface area contributed by atoms with Gasteiger partial charge in [-0.3, -0.25) is 4.79 Å². The monoisotopic (exact) mass is 232 g/mol. The van der Waals surface area contributed by atoms with Crippen LogP contribution in [0.25, 0.3) is 0 Å². The van der Waals surface area contributed by atoms with Crippen molar-refractivity contribution in [3.05, 3.63) is 0 Å². The van der Waals surface area contributed by atoms with Crippen LogP contribution in [0.4, 0.5) is 0 Å². The van der Waals surface area contributed by atoms with Crippen molar-refractivity contribution >= 4 is 17.7 Å². The molecule has 1 unspecified atom stereocenters. The van der Waals surface area contributed by atoms with Gasteiger partial charge in [0.25, 0.3) is 0 Å². The lowest BCUT2D eigenvalue weighted by Gasteiger charge is -2.09. The van der Waals surface area contributed by atoms with E-state index >= 15 is 0 Å². The summed E-state index contributed by atoms with van der Waals surface area (Å²) >= 11 is 1.27. The minimum Gasteiger partial charge on any atom is -0.391 e. The van der Waals surface area contributed by atoms with Crippen molar-refractivity contribution in [3.8, 4) is 6.07 Å². The summed E-state index contributed by atoms with van der Waals surface area (Å²) in [6.07, 6.45) is -0.0651. The summed E-state index contributed by atoms with van der Waals surface area (Å²) in [6.45, 7) is 0.704. The van der Waals surface area contributed by atoms with E-state index in [1.807, 2.05) is 6.07 Å². The molecule has 0 aromatic rings. The zero-order valence-electron chi connectivity index (χ0n) is 8.73. The standard InChI is InChI=1S/C9H16N2O3S/c1-14-6-8(12)2-4-11-9(13)7-15-5-3-10/h8,12H,2,4-7H2,1H3,(H,11,13). The number of aliphatic hydroxyl groups is 1. The highest BCUT2D eigenvalue weighted by Gasteiger charge is 2.04. The number of nitrogens with one attached hydrogen (secondary N) is 1. The maximum Gasteiger partial charge on any atom is 0.230 e. The molecule has 86 valence electrons. The number of carbonyl (C=O) groups is 1. The van der Waals surface area contributed by atoms with Gasteiger partial charge in [-0.25, -0.2) is 0 Å². The average Bonchev–Trinajstić information content (AvgIpc) is 2.18. The van der Waals surface area contributed by atoms with Gasteiger partial charge in [0.05, 0.1) is 30.3 Å². The Kier molecular flexibility index (Phi) is 9.27. The number of carbonyl (C=O) groups excluding carboxylic acids is 1. The molecule has 0 saturated carbocycles. The third-order valence-electron chi connectivity index (χ3n) is 1.56. The number of hydrogen-bond donors (Lipinski definition) is 2. The van der Waals surface area contributed by atoms with Gasteiger partial charge in [0, 0.05) is 13.7 Å². The lowest BCUT2D eigenvalue weighted by atomic mass is 10.3. The number of nitriles is 1. The molecular formula is C9H16N2O3S. The average molecular weight is 232 g/mol. The Hall–Kier alpha value is -0.770. The van der Waals surface area contributed by atoms with Gasteiger partial charge in [-0.05, 0) is 6.42 Å². The lowest BCUT2D eigenvalue weighted by molar-refractivity contribution is -0.118. The first-order chi connectivity index (χ1) is 7.20. The molecule has 1 amide bonds. The topological polar surface area (TPSA) is 82.3 Å². The van der Waals surface area contributed by atoms with Gasteiger partial charge in [0.15, 0.2) is 0 Å². The van der Waals surface area contributed by atoms with Gasteiger partial charge in [0.2, 0.25) is 5.91 Å². The summed E-state index contributed by atoms with van der Waals surface area (Å²) in [5, 5.41) is 20.1. The highest BCUT2D eigenvalue weighted by atomic mass is 32.2. The van der Waals surface area contributed by atoms with Crippen LogP contribution in [0.1, 0.15) is 6.42 Å².